The molecule has 0 unspecified atom stereocenters. The summed E-state index contributed by atoms with van der Waals surface area (Å²) in [5, 5.41) is 1.66. The number of rotatable bonds is 1. The molecule has 0 radical (unpaired) electrons. The smallest absolute Gasteiger partial charge is 0.139 e. The van der Waals surface area contributed by atoms with Crippen molar-refractivity contribution in [2.75, 3.05) is 0 Å². The summed E-state index contributed by atoms with van der Waals surface area (Å²) in [6.45, 7) is 0. The van der Waals surface area contributed by atoms with E-state index in [1.54, 1.807) is 17.8 Å². The predicted molar refractivity (Wildman–Crippen MR) is 74.8 cm³/mol. The highest BCUT2D eigenvalue weighted by molar-refractivity contribution is 6.50. The minimum atomic E-state index is 0.243. The molecule has 0 aliphatic carbocycles. The van der Waals surface area contributed by atoms with Crippen LogP contribution in [0.3, 0.4) is 0 Å². The van der Waals surface area contributed by atoms with E-state index in [0.717, 1.165) is 0 Å². The summed E-state index contributed by atoms with van der Waals surface area (Å²) in [7, 11) is 1.70. The van der Waals surface area contributed by atoms with Gasteiger partial charge < -0.3 is 4.57 Å². The molecule has 2 aromatic heterocycles. The number of hydrogen-bond acceptors (Lipinski definition) is 0. The highest BCUT2D eigenvalue weighted by Gasteiger charge is 2.22. The third-order valence-electron chi connectivity index (χ3n) is 2.26. The van der Waals surface area contributed by atoms with Crippen LogP contribution in [-0.2, 0) is 7.05 Å². The first-order valence-electron chi connectivity index (χ1n) is 4.27. The van der Waals surface area contributed by atoms with Crippen LogP contribution in [0.2, 0.25) is 30.4 Å². The first kappa shape index (κ1) is 13.7. The maximum absolute atomic E-state index is 6.08. The zero-order valence-electron chi connectivity index (χ0n) is 8.24. The summed E-state index contributed by atoms with van der Waals surface area (Å²) in [5.41, 5.74) is 0. The van der Waals surface area contributed by atoms with Crippen molar-refractivity contribution in [1.29, 1.82) is 0 Å². The van der Waals surface area contributed by atoms with E-state index in [1.165, 1.54) is 4.57 Å². The minimum Gasteiger partial charge on any atom is -0.319 e. The molecule has 92 valence electrons. The molecule has 0 bridgehead atoms. The lowest BCUT2D eigenvalue weighted by Crippen LogP contribution is -2.01. The Bertz CT molecular complexity index is 572. The Morgan fingerprint density at radius 1 is 0.824 bits per heavy atom. The molecule has 0 aliphatic heterocycles. The van der Waals surface area contributed by atoms with E-state index in [1.807, 2.05) is 0 Å². The number of halogens is 6. The quantitative estimate of drug-likeness (QED) is 0.619. The Morgan fingerprint density at radius 3 is 1.76 bits per heavy atom. The lowest BCUT2D eigenvalue weighted by molar-refractivity contribution is 0.848. The molecule has 17 heavy (non-hydrogen) atoms. The molecule has 0 spiro atoms. The third kappa shape index (κ3) is 2.05. The monoisotopic (exact) mass is 350 g/mol. The lowest BCUT2D eigenvalue weighted by atomic mass is 10.6. The van der Waals surface area contributed by atoms with Crippen LogP contribution in [0.4, 0.5) is 0 Å². The molecule has 2 rings (SSSR count). The van der Waals surface area contributed by atoms with E-state index in [0.29, 0.717) is 16.0 Å². The standard InChI is InChI=1S/C9H4Cl6N2/c1-16-7(14)5(12)6(13)9(16)17-2-3(10)4(11)8(17)15/h2H,1H3. The van der Waals surface area contributed by atoms with Crippen molar-refractivity contribution < 1.29 is 0 Å². The van der Waals surface area contributed by atoms with Crippen molar-refractivity contribution in [2.45, 2.75) is 0 Å². The van der Waals surface area contributed by atoms with Crippen LogP contribution in [0.15, 0.2) is 6.20 Å². The van der Waals surface area contributed by atoms with Gasteiger partial charge in [0.25, 0.3) is 0 Å². The molecular formula is C9H4Cl6N2. The van der Waals surface area contributed by atoms with E-state index in [4.69, 9.17) is 69.6 Å². The molecule has 0 aromatic carbocycles. The molecule has 0 saturated carbocycles. The van der Waals surface area contributed by atoms with Gasteiger partial charge in [-0.25, -0.2) is 0 Å². The van der Waals surface area contributed by atoms with Gasteiger partial charge in [-0.15, -0.1) is 0 Å². The van der Waals surface area contributed by atoms with Gasteiger partial charge in [0.2, 0.25) is 0 Å². The van der Waals surface area contributed by atoms with Crippen molar-refractivity contribution >= 4 is 69.6 Å². The van der Waals surface area contributed by atoms with Crippen LogP contribution in [0.25, 0.3) is 5.82 Å². The van der Waals surface area contributed by atoms with Gasteiger partial charge >= 0.3 is 0 Å². The van der Waals surface area contributed by atoms with Crippen LogP contribution < -0.4 is 0 Å². The van der Waals surface area contributed by atoms with Gasteiger partial charge in [0.15, 0.2) is 0 Å². The maximum atomic E-state index is 6.08. The number of hydrogen-bond donors (Lipinski definition) is 0. The van der Waals surface area contributed by atoms with E-state index < -0.39 is 0 Å². The van der Waals surface area contributed by atoms with Gasteiger partial charge in [-0.05, 0) is 0 Å². The van der Waals surface area contributed by atoms with E-state index in [2.05, 4.69) is 0 Å². The zero-order chi connectivity index (χ0) is 12.9. The normalized spacial score (nSPS) is 11.2. The van der Waals surface area contributed by atoms with Gasteiger partial charge in [-0.2, -0.15) is 0 Å². The second kappa shape index (κ2) is 4.76. The van der Waals surface area contributed by atoms with E-state index >= 15 is 0 Å². The average Bonchev–Trinajstić information content (AvgIpc) is 2.64. The molecule has 8 heteroatoms. The second-order valence-corrected chi connectivity index (χ2v) is 5.51. The second-order valence-electron chi connectivity index (χ2n) is 3.25. The Morgan fingerprint density at radius 2 is 1.41 bits per heavy atom. The van der Waals surface area contributed by atoms with Crippen molar-refractivity contribution in [3.63, 3.8) is 0 Å². The summed E-state index contributed by atoms with van der Waals surface area (Å²) >= 11 is 35.8. The maximum Gasteiger partial charge on any atom is 0.139 e. The minimum absolute atomic E-state index is 0.243. The van der Waals surface area contributed by atoms with Crippen molar-refractivity contribution in [1.82, 2.24) is 9.13 Å². The fraction of sp³-hybridized carbons (Fsp3) is 0.111. The van der Waals surface area contributed by atoms with Crippen molar-refractivity contribution in [2.24, 2.45) is 7.05 Å². The van der Waals surface area contributed by atoms with Crippen LogP contribution in [0.1, 0.15) is 0 Å². The fourth-order valence-corrected chi connectivity index (χ4v) is 2.78. The van der Waals surface area contributed by atoms with Gasteiger partial charge in [-0.1, -0.05) is 69.6 Å². The molecule has 0 aliphatic rings. The number of aromatic nitrogens is 2. The zero-order valence-corrected chi connectivity index (χ0v) is 12.8. The van der Waals surface area contributed by atoms with Crippen molar-refractivity contribution in [3.05, 3.63) is 36.6 Å². The SMILES string of the molecule is Cn1c(Cl)c(Cl)c(Cl)c1-n1cc(Cl)c(Cl)c1Cl. The predicted octanol–water partition coefficient (Wildman–Crippen LogP) is 5.74. The van der Waals surface area contributed by atoms with Gasteiger partial charge in [0.1, 0.15) is 21.1 Å². The fourth-order valence-electron chi connectivity index (χ4n) is 1.43. The molecule has 2 aromatic rings. The Balaban J connectivity index is 2.77. The van der Waals surface area contributed by atoms with Crippen LogP contribution >= 0.6 is 69.6 Å². The first-order chi connectivity index (χ1) is 7.86. The van der Waals surface area contributed by atoms with E-state index in [9.17, 15) is 0 Å². The highest BCUT2D eigenvalue weighted by Crippen LogP contribution is 2.41. The molecule has 0 atom stereocenters. The summed E-state index contributed by atoms with van der Waals surface area (Å²) in [4.78, 5) is 0. The third-order valence-corrected chi connectivity index (χ3v) is 4.85. The summed E-state index contributed by atoms with van der Waals surface area (Å²) in [5.74, 6) is 0.500. The Kier molecular flexibility index (Phi) is 3.85. The van der Waals surface area contributed by atoms with Crippen molar-refractivity contribution in [3.8, 4) is 5.82 Å². The van der Waals surface area contributed by atoms with E-state index in [-0.39, 0.29) is 20.2 Å². The lowest BCUT2D eigenvalue weighted by Gasteiger charge is -2.07. The molecule has 0 saturated heterocycles. The molecule has 0 fully saturated rings. The first-order valence-corrected chi connectivity index (χ1v) is 6.54. The molecule has 2 heterocycles. The molecule has 0 amide bonds. The molecule has 0 N–H and O–H groups in total. The van der Waals surface area contributed by atoms with Gasteiger partial charge in [-0.3, -0.25) is 4.57 Å². The van der Waals surface area contributed by atoms with Gasteiger partial charge in [0.05, 0.1) is 15.1 Å². The van der Waals surface area contributed by atoms with Crippen LogP contribution in [-0.4, -0.2) is 9.13 Å². The summed E-state index contributed by atoms with van der Waals surface area (Å²) in [6.07, 6.45) is 1.54. The number of nitrogens with zero attached hydrogens (tertiary/aromatic N) is 2. The Labute approximate surface area is 128 Å². The topological polar surface area (TPSA) is 9.86 Å². The summed E-state index contributed by atoms with van der Waals surface area (Å²) < 4.78 is 3.11. The molecule has 2 nitrogen and oxygen atoms in total. The average molecular weight is 353 g/mol. The largest absolute Gasteiger partial charge is 0.319 e. The summed E-state index contributed by atoms with van der Waals surface area (Å²) in [6, 6.07) is 0. The Hall–Kier alpha value is 0.300. The molecular weight excluding hydrogens is 349 g/mol. The highest BCUT2D eigenvalue weighted by atomic mass is 35.5. The van der Waals surface area contributed by atoms with Crippen LogP contribution in [0, 0.1) is 0 Å². The van der Waals surface area contributed by atoms with Crippen LogP contribution in [0.5, 0.6) is 0 Å². The van der Waals surface area contributed by atoms with Gasteiger partial charge in [0, 0.05) is 13.2 Å².